The minimum absolute atomic E-state index is 0.240. The molecule has 30 heavy (non-hydrogen) atoms. The van der Waals surface area contributed by atoms with Crippen LogP contribution in [0.3, 0.4) is 0 Å². The largest absolute Gasteiger partial charge is 0.350 e. The highest BCUT2D eigenvalue weighted by atomic mass is 35.5. The van der Waals surface area contributed by atoms with Crippen LogP contribution < -0.4 is 9.62 Å². The number of hydrogen-bond acceptors (Lipinski definition) is 4. The van der Waals surface area contributed by atoms with Gasteiger partial charge in [-0.25, -0.2) is 13.4 Å². The summed E-state index contributed by atoms with van der Waals surface area (Å²) in [4.78, 5) is 17.1. The molecule has 1 heterocycles. The number of hydrogen-bond donors (Lipinski definition) is 1. The summed E-state index contributed by atoms with van der Waals surface area (Å²) in [5, 5.41) is 3.23. The standard InChI is InChI=1S/C21H23ClN4O3S/c1-15(26(30(3,28)29)19-9-6-8-18(22)13-19)21(27)24-14-17-7-4-5-10-20(17)25-12-11-23-16(25)2/h4-13,15H,14H2,1-3H3,(H,24,27). The number of halogens is 1. The van der Waals surface area contributed by atoms with Crippen molar-refractivity contribution < 1.29 is 13.2 Å². The van der Waals surface area contributed by atoms with E-state index in [1.807, 2.05) is 42.0 Å². The van der Waals surface area contributed by atoms with Gasteiger partial charge in [0.2, 0.25) is 15.9 Å². The van der Waals surface area contributed by atoms with E-state index in [9.17, 15) is 13.2 Å². The molecule has 1 atom stereocenters. The second-order valence-electron chi connectivity index (χ2n) is 6.91. The summed E-state index contributed by atoms with van der Waals surface area (Å²) in [7, 11) is -3.71. The van der Waals surface area contributed by atoms with Gasteiger partial charge in [0.05, 0.1) is 17.6 Å². The SMILES string of the molecule is Cc1nccn1-c1ccccc1CNC(=O)C(C)N(c1cccc(Cl)c1)S(C)(=O)=O. The average Bonchev–Trinajstić information content (AvgIpc) is 3.11. The van der Waals surface area contributed by atoms with Crippen LogP contribution in [-0.2, 0) is 21.4 Å². The number of carbonyl (C=O) groups excluding carboxylic acids is 1. The highest BCUT2D eigenvalue weighted by Crippen LogP contribution is 2.24. The first-order chi connectivity index (χ1) is 14.2. The van der Waals surface area contributed by atoms with Crippen LogP contribution in [0, 0.1) is 6.92 Å². The first-order valence-corrected chi connectivity index (χ1v) is 11.5. The van der Waals surface area contributed by atoms with Gasteiger partial charge in [-0.2, -0.15) is 0 Å². The van der Waals surface area contributed by atoms with Crippen molar-refractivity contribution in [2.45, 2.75) is 26.4 Å². The predicted octanol–water partition coefficient (Wildman–Crippen LogP) is 3.31. The molecule has 1 N–H and O–H groups in total. The Morgan fingerprint density at radius 3 is 2.60 bits per heavy atom. The van der Waals surface area contributed by atoms with Crippen molar-refractivity contribution in [3.8, 4) is 5.69 Å². The Hall–Kier alpha value is -2.84. The van der Waals surface area contributed by atoms with Crippen LogP contribution in [0.2, 0.25) is 5.02 Å². The normalized spacial score (nSPS) is 12.4. The Bertz CT molecular complexity index is 1160. The summed E-state index contributed by atoms with van der Waals surface area (Å²) < 4.78 is 27.8. The van der Waals surface area contributed by atoms with Gasteiger partial charge in [0.15, 0.2) is 0 Å². The van der Waals surface area contributed by atoms with Gasteiger partial charge in [-0.3, -0.25) is 9.10 Å². The Labute approximate surface area is 181 Å². The lowest BCUT2D eigenvalue weighted by atomic mass is 10.1. The van der Waals surface area contributed by atoms with Crippen molar-refractivity contribution in [2.75, 3.05) is 10.6 Å². The van der Waals surface area contributed by atoms with Crippen LogP contribution in [0.15, 0.2) is 60.9 Å². The first-order valence-electron chi connectivity index (χ1n) is 9.29. The maximum atomic E-state index is 12.9. The van der Waals surface area contributed by atoms with Crippen molar-refractivity contribution >= 4 is 33.2 Å². The van der Waals surface area contributed by atoms with E-state index in [0.29, 0.717) is 10.7 Å². The van der Waals surface area contributed by atoms with Gasteiger partial charge in [0, 0.05) is 24.0 Å². The van der Waals surface area contributed by atoms with E-state index >= 15 is 0 Å². The molecule has 0 fully saturated rings. The van der Waals surface area contributed by atoms with Crippen LogP contribution in [0.5, 0.6) is 0 Å². The number of aryl methyl sites for hydroxylation is 1. The number of amides is 1. The molecule has 1 unspecified atom stereocenters. The van der Waals surface area contributed by atoms with Gasteiger partial charge in [-0.1, -0.05) is 35.9 Å². The van der Waals surface area contributed by atoms with Gasteiger partial charge >= 0.3 is 0 Å². The predicted molar refractivity (Wildman–Crippen MR) is 118 cm³/mol. The number of para-hydroxylation sites is 1. The molecule has 0 spiro atoms. The molecule has 0 aliphatic carbocycles. The van der Waals surface area contributed by atoms with Gasteiger partial charge in [-0.05, 0) is 43.7 Å². The molecule has 0 aliphatic heterocycles. The van der Waals surface area contributed by atoms with E-state index in [4.69, 9.17) is 11.6 Å². The van der Waals surface area contributed by atoms with Crippen molar-refractivity contribution in [3.63, 3.8) is 0 Å². The highest BCUT2D eigenvalue weighted by Gasteiger charge is 2.29. The van der Waals surface area contributed by atoms with Crippen LogP contribution in [0.25, 0.3) is 5.69 Å². The maximum absolute atomic E-state index is 12.9. The topological polar surface area (TPSA) is 84.3 Å². The van der Waals surface area contributed by atoms with Crippen LogP contribution in [0.1, 0.15) is 18.3 Å². The third-order valence-electron chi connectivity index (χ3n) is 4.68. The van der Waals surface area contributed by atoms with E-state index in [1.54, 1.807) is 31.3 Å². The molecule has 3 aromatic rings. The van der Waals surface area contributed by atoms with E-state index in [-0.39, 0.29) is 6.54 Å². The lowest BCUT2D eigenvalue weighted by Gasteiger charge is -2.28. The first kappa shape index (κ1) is 21.9. The smallest absolute Gasteiger partial charge is 0.243 e. The Morgan fingerprint density at radius 1 is 1.23 bits per heavy atom. The van der Waals surface area contributed by atoms with Crippen LogP contribution >= 0.6 is 11.6 Å². The average molecular weight is 447 g/mol. The fourth-order valence-electron chi connectivity index (χ4n) is 3.28. The molecular formula is C21H23ClN4O3S. The number of nitrogens with one attached hydrogen (secondary N) is 1. The van der Waals surface area contributed by atoms with Gasteiger partial charge in [0.1, 0.15) is 11.9 Å². The van der Waals surface area contributed by atoms with E-state index in [2.05, 4.69) is 10.3 Å². The number of carbonyl (C=O) groups is 1. The summed E-state index contributed by atoms with van der Waals surface area (Å²) in [6.07, 6.45) is 4.62. The second-order valence-corrected chi connectivity index (χ2v) is 9.20. The summed E-state index contributed by atoms with van der Waals surface area (Å²) in [6, 6.07) is 13.1. The third kappa shape index (κ3) is 4.83. The molecule has 9 heteroatoms. The Kier molecular flexibility index (Phi) is 6.48. The van der Waals surface area contributed by atoms with Crippen LogP contribution in [-0.4, -0.2) is 36.2 Å². The van der Waals surface area contributed by atoms with E-state index in [1.165, 1.54) is 6.07 Å². The maximum Gasteiger partial charge on any atom is 0.243 e. The fourth-order valence-corrected chi connectivity index (χ4v) is 4.63. The zero-order valence-corrected chi connectivity index (χ0v) is 18.5. The van der Waals surface area contributed by atoms with E-state index < -0.39 is 22.0 Å². The lowest BCUT2D eigenvalue weighted by Crippen LogP contribution is -2.47. The quantitative estimate of drug-likeness (QED) is 0.603. The van der Waals surface area contributed by atoms with Crippen molar-refractivity contribution in [1.29, 1.82) is 0 Å². The van der Waals surface area contributed by atoms with Gasteiger partial charge in [-0.15, -0.1) is 0 Å². The fraction of sp³-hybridized carbons (Fsp3) is 0.238. The lowest BCUT2D eigenvalue weighted by molar-refractivity contribution is -0.122. The molecule has 0 radical (unpaired) electrons. The molecular weight excluding hydrogens is 424 g/mol. The molecule has 0 bridgehead atoms. The summed E-state index contributed by atoms with van der Waals surface area (Å²) in [5.74, 6) is 0.406. The molecule has 0 saturated carbocycles. The number of rotatable bonds is 7. The molecule has 2 aromatic carbocycles. The van der Waals surface area contributed by atoms with Crippen molar-refractivity contribution in [2.24, 2.45) is 0 Å². The molecule has 7 nitrogen and oxygen atoms in total. The molecule has 1 aromatic heterocycles. The molecule has 1 amide bonds. The van der Waals surface area contributed by atoms with E-state index in [0.717, 1.165) is 27.6 Å². The molecule has 0 aliphatic rings. The summed E-state index contributed by atoms with van der Waals surface area (Å²) in [5.41, 5.74) is 2.12. The summed E-state index contributed by atoms with van der Waals surface area (Å²) in [6.45, 7) is 3.68. The minimum atomic E-state index is -3.71. The molecule has 158 valence electrons. The number of nitrogens with zero attached hydrogens (tertiary/aromatic N) is 3. The minimum Gasteiger partial charge on any atom is -0.350 e. The molecule has 3 rings (SSSR count). The van der Waals surface area contributed by atoms with Crippen molar-refractivity contribution in [1.82, 2.24) is 14.9 Å². The zero-order valence-electron chi connectivity index (χ0n) is 16.9. The molecule has 0 saturated heterocycles. The van der Waals surface area contributed by atoms with Crippen molar-refractivity contribution in [3.05, 3.63) is 77.3 Å². The number of benzene rings is 2. The highest BCUT2D eigenvalue weighted by molar-refractivity contribution is 7.92. The number of imidazole rings is 1. The third-order valence-corrected chi connectivity index (χ3v) is 6.16. The Balaban J connectivity index is 1.81. The van der Waals surface area contributed by atoms with Crippen LogP contribution in [0.4, 0.5) is 5.69 Å². The number of anilines is 1. The zero-order chi connectivity index (χ0) is 21.9. The number of sulfonamides is 1. The Morgan fingerprint density at radius 2 is 1.97 bits per heavy atom. The monoisotopic (exact) mass is 446 g/mol. The summed E-state index contributed by atoms with van der Waals surface area (Å²) >= 11 is 6.01. The number of aromatic nitrogens is 2. The van der Waals surface area contributed by atoms with Gasteiger partial charge < -0.3 is 9.88 Å². The second kappa shape index (κ2) is 8.89. The van der Waals surface area contributed by atoms with Gasteiger partial charge in [0.25, 0.3) is 0 Å².